The summed E-state index contributed by atoms with van der Waals surface area (Å²) in [6.45, 7) is 8.50. The third-order valence-corrected chi connectivity index (χ3v) is 17.1. The zero-order valence-electron chi connectivity index (χ0n) is 37.5. The average molecular weight is 873 g/mol. The van der Waals surface area contributed by atoms with E-state index in [-0.39, 0.29) is 88.5 Å². The maximum atomic E-state index is 14.4. The number of allylic oxidation sites excluding steroid dienone is 1. The molecule has 1 amide bonds. The molecule has 0 radical (unpaired) electrons. The molecule has 6 aliphatic rings. The lowest BCUT2D eigenvalue weighted by Gasteiger charge is -2.64. The molecule has 0 bridgehead atoms. The van der Waals surface area contributed by atoms with Crippen molar-refractivity contribution in [3.05, 3.63) is 75.6 Å². The van der Waals surface area contributed by atoms with Crippen LogP contribution in [-0.4, -0.2) is 57.3 Å². The molecule has 1 aromatic carbocycles. The third-order valence-electron chi connectivity index (χ3n) is 17.1. The lowest BCUT2D eigenvalue weighted by atomic mass is 9.38. The van der Waals surface area contributed by atoms with Crippen LogP contribution in [0.5, 0.6) is 0 Å². The van der Waals surface area contributed by atoms with Crippen LogP contribution in [0.3, 0.4) is 0 Å². The molecule has 2 aromatic heterocycles. The van der Waals surface area contributed by atoms with E-state index in [1.807, 2.05) is 30.3 Å². The predicted molar refractivity (Wildman–Crippen MR) is 237 cm³/mol. The van der Waals surface area contributed by atoms with Gasteiger partial charge < -0.3 is 25.1 Å². The van der Waals surface area contributed by atoms with E-state index < -0.39 is 34.4 Å². The minimum Gasteiger partial charge on any atom is -0.457 e. The molecule has 0 saturated heterocycles. The largest absolute Gasteiger partial charge is 0.457 e. The minimum absolute atomic E-state index is 0.0210. The summed E-state index contributed by atoms with van der Waals surface area (Å²) in [4.78, 5) is 100. The van der Waals surface area contributed by atoms with Crippen LogP contribution in [0.25, 0.3) is 22.3 Å². The predicted octanol–water partition coefficient (Wildman–Crippen LogP) is 6.56. The Bertz CT molecular complexity index is 2580. The number of nitrogens with one attached hydrogen (secondary N) is 1. The number of ether oxygens (including phenoxy) is 2. The summed E-state index contributed by atoms with van der Waals surface area (Å²) >= 11 is 0. The lowest BCUT2D eigenvalue weighted by molar-refractivity contribution is -0.184. The number of ketones is 3. The van der Waals surface area contributed by atoms with E-state index in [1.54, 1.807) is 23.6 Å². The number of pyridine rings is 2. The van der Waals surface area contributed by atoms with Crippen molar-refractivity contribution in [1.29, 1.82) is 0 Å². The molecule has 3 N–H and O–H groups in total. The highest BCUT2D eigenvalue weighted by Gasteiger charge is 2.67. The van der Waals surface area contributed by atoms with Crippen LogP contribution in [-0.2, 0) is 57.0 Å². The molecular formula is C51H60N4O9. The van der Waals surface area contributed by atoms with Crippen molar-refractivity contribution >= 4 is 46.1 Å². The maximum Gasteiger partial charge on any atom is 0.359 e. The number of aromatic nitrogens is 2. The number of hydrogen-bond acceptors (Lipinski definition) is 11. The van der Waals surface area contributed by atoms with Gasteiger partial charge in [0.2, 0.25) is 5.91 Å². The van der Waals surface area contributed by atoms with E-state index in [2.05, 4.69) is 26.1 Å². The zero-order chi connectivity index (χ0) is 45.3. The lowest BCUT2D eigenvalue weighted by Crippen LogP contribution is -2.64. The number of unbranched alkanes of at least 4 members (excludes halogenated alkanes) is 1. The highest BCUT2D eigenvalue weighted by Crippen LogP contribution is 2.67. The Morgan fingerprint density at radius 3 is 2.62 bits per heavy atom. The maximum absolute atomic E-state index is 14.4. The minimum atomic E-state index is -2.03. The van der Waals surface area contributed by atoms with Gasteiger partial charge in [-0.3, -0.25) is 28.8 Å². The van der Waals surface area contributed by atoms with Crippen LogP contribution in [0.1, 0.15) is 128 Å². The molecule has 0 spiro atoms. The van der Waals surface area contributed by atoms with Gasteiger partial charge in [0, 0.05) is 66.5 Å². The summed E-state index contributed by atoms with van der Waals surface area (Å²) in [7, 11) is 0. The summed E-state index contributed by atoms with van der Waals surface area (Å²) < 4.78 is 13.1. The van der Waals surface area contributed by atoms with Crippen molar-refractivity contribution < 1.29 is 38.2 Å². The molecule has 4 fully saturated rings. The standard InChI is InChI=1S/C51H60N4O9/c1-5-17-51(35-25-39-44-30(22-29-11-6-7-14-38(29)54-44)27-55(39)45(60)33(35)28-63-47(51)62)64-46(61)37(52)13-8-9-21-53-42(59)16-19-48(2)18-10-12-34-43-36(26-41(58)50(34,48)4)49(3)20-15-32(56)23-31(49)24-40(43)57/h5-7,11,14,17,22,25,31,34,36-37,43H,8-10,12-13,15-16,18-21,23-24,26-28,52H2,1-4H3,(H,53,59)/b17-5+/t31?,34?,36?,37?,43?,48-,49+,50-,51+/m1/s1. The topological polar surface area (TPSA) is 194 Å². The number of nitrogens with two attached hydrogens (primary N) is 1. The SMILES string of the molecule is C/C=C/[C@@]1(OC(=O)C(N)CCCCNC(=O)CC[C@@]2(C)CCCC3C4C(=O)CC5CC(=O)CC[C@]5(C)C4CC(=O)[C@@]32C)C(=O)OCc2c1cc1n(c2=O)Cc2cc3ccccc3nc2-1. The van der Waals surface area contributed by atoms with Crippen molar-refractivity contribution in [3.63, 3.8) is 0 Å². The van der Waals surface area contributed by atoms with Crippen molar-refractivity contribution in [1.82, 2.24) is 14.9 Å². The molecule has 64 heavy (non-hydrogen) atoms. The number of amides is 1. The normalized spacial score (nSPS) is 32.1. The second kappa shape index (κ2) is 16.3. The molecule has 9 atom stereocenters. The van der Waals surface area contributed by atoms with Crippen LogP contribution in [0.15, 0.2) is 53.3 Å². The van der Waals surface area contributed by atoms with Crippen molar-refractivity contribution in [2.24, 2.45) is 45.7 Å². The van der Waals surface area contributed by atoms with Crippen LogP contribution < -0.4 is 16.6 Å². The number of benzene rings is 1. The van der Waals surface area contributed by atoms with Gasteiger partial charge in [-0.05, 0) is 105 Å². The number of nitrogens with zero attached hydrogens (tertiary/aromatic N) is 2. The van der Waals surface area contributed by atoms with Crippen LogP contribution in [0.2, 0.25) is 0 Å². The molecule has 13 heteroatoms. The Morgan fingerprint density at radius 2 is 1.83 bits per heavy atom. The first-order valence-corrected chi connectivity index (χ1v) is 23.3. The Hall–Kier alpha value is -5.30. The molecule has 4 aliphatic carbocycles. The monoisotopic (exact) mass is 872 g/mol. The van der Waals surface area contributed by atoms with Gasteiger partial charge in [-0.25, -0.2) is 9.78 Å². The quantitative estimate of drug-likeness (QED) is 0.0942. The Morgan fingerprint density at radius 1 is 1.03 bits per heavy atom. The number of carbonyl (C=O) groups excluding carboxylic acids is 6. The molecule has 2 aliphatic heterocycles. The molecule has 5 unspecified atom stereocenters. The van der Waals surface area contributed by atoms with E-state index in [0.717, 1.165) is 42.1 Å². The van der Waals surface area contributed by atoms with Gasteiger partial charge in [0.1, 0.15) is 30.0 Å². The number of Topliss-reactive ketones (excluding diaryl/α,β-unsaturated/α-hetero) is 3. The summed E-state index contributed by atoms with van der Waals surface area (Å²) in [5.74, 6) is -1.38. The van der Waals surface area contributed by atoms with Crippen LogP contribution in [0.4, 0.5) is 0 Å². The smallest absolute Gasteiger partial charge is 0.359 e. The Balaban J connectivity index is 0.805. The molecule has 9 rings (SSSR count). The van der Waals surface area contributed by atoms with Gasteiger partial charge in [0.25, 0.3) is 11.2 Å². The number of fused-ring (bicyclic) bond motifs is 10. The summed E-state index contributed by atoms with van der Waals surface area (Å²) in [6, 6.07) is 10.3. The first-order valence-electron chi connectivity index (χ1n) is 23.3. The van der Waals surface area contributed by atoms with E-state index in [0.29, 0.717) is 69.4 Å². The van der Waals surface area contributed by atoms with Gasteiger partial charge in [-0.15, -0.1) is 0 Å². The van der Waals surface area contributed by atoms with E-state index in [4.69, 9.17) is 20.2 Å². The van der Waals surface area contributed by atoms with Crippen molar-refractivity contribution in [2.45, 2.75) is 136 Å². The number of hydrogen-bond donors (Lipinski definition) is 2. The molecule has 4 heterocycles. The zero-order valence-corrected chi connectivity index (χ0v) is 37.5. The fourth-order valence-electron chi connectivity index (χ4n) is 13.1. The third kappa shape index (κ3) is 6.90. The fraction of sp³-hybridized carbons (Fsp3) is 0.569. The van der Waals surface area contributed by atoms with E-state index in [1.165, 1.54) is 6.08 Å². The summed E-state index contributed by atoms with van der Waals surface area (Å²) in [5.41, 5.74) is 5.86. The van der Waals surface area contributed by atoms with Gasteiger partial charge in [-0.1, -0.05) is 51.5 Å². The average Bonchev–Trinajstić information content (AvgIpc) is 3.62. The number of esters is 2. The highest BCUT2D eigenvalue weighted by molar-refractivity contribution is 5.94. The first kappa shape index (κ1) is 43.9. The molecule has 4 saturated carbocycles. The molecule has 13 nitrogen and oxygen atoms in total. The van der Waals surface area contributed by atoms with Gasteiger partial charge >= 0.3 is 11.9 Å². The van der Waals surface area contributed by atoms with Crippen LogP contribution >= 0.6 is 0 Å². The number of para-hydroxylation sites is 1. The highest BCUT2D eigenvalue weighted by atomic mass is 16.6. The van der Waals surface area contributed by atoms with Gasteiger partial charge in [0.05, 0.1) is 29.0 Å². The molecular weight excluding hydrogens is 813 g/mol. The molecule has 3 aromatic rings. The van der Waals surface area contributed by atoms with Gasteiger partial charge in [0.15, 0.2) is 0 Å². The second-order valence-corrected chi connectivity index (χ2v) is 20.3. The fourth-order valence-corrected chi connectivity index (χ4v) is 13.1. The Kier molecular flexibility index (Phi) is 11.2. The number of carbonyl (C=O) groups is 6. The number of cyclic esters (lactones) is 1. The second-order valence-electron chi connectivity index (χ2n) is 20.3. The number of rotatable bonds is 11. The van der Waals surface area contributed by atoms with E-state index in [9.17, 15) is 33.6 Å². The van der Waals surface area contributed by atoms with Crippen molar-refractivity contribution in [2.75, 3.05) is 6.54 Å². The van der Waals surface area contributed by atoms with Crippen LogP contribution in [0, 0.1) is 39.9 Å². The summed E-state index contributed by atoms with van der Waals surface area (Å²) in [6.07, 6.45) is 10.1. The van der Waals surface area contributed by atoms with Gasteiger partial charge in [-0.2, -0.15) is 0 Å². The first-order chi connectivity index (χ1) is 30.5. The molecule has 338 valence electrons. The van der Waals surface area contributed by atoms with E-state index >= 15 is 0 Å². The van der Waals surface area contributed by atoms with Crippen molar-refractivity contribution in [3.8, 4) is 11.4 Å². The Labute approximate surface area is 373 Å². The summed E-state index contributed by atoms with van der Waals surface area (Å²) in [5, 5.41) is 3.95.